The van der Waals surface area contributed by atoms with Crippen LogP contribution in [-0.4, -0.2) is 6.54 Å². The molecular formula is C12H12F5N. The molecule has 100 valence electrons. The van der Waals surface area contributed by atoms with Crippen molar-refractivity contribution in [3.63, 3.8) is 0 Å². The molecular weight excluding hydrogens is 253 g/mol. The summed E-state index contributed by atoms with van der Waals surface area (Å²) < 4.78 is 65.0. The van der Waals surface area contributed by atoms with Crippen molar-refractivity contribution in [1.82, 2.24) is 0 Å². The lowest BCUT2D eigenvalue weighted by Crippen LogP contribution is -2.17. The Morgan fingerprint density at radius 2 is 1.33 bits per heavy atom. The van der Waals surface area contributed by atoms with E-state index in [4.69, 9.17) is 0 Å². The van der Waals surface area contributed by atoms with Crippen LogP contribution >= 0.6 is 0 Å². The van der Waals surface area contributed by atoms with Crippen LogP contribution in [0.2, 0.25) is 0 Å². The van der Waals surface area contributed by atoms with Crippen molar-refractivity contribution in [1.29, 1.82) is 0 Å². The molecule has 0 spiro atoms. The van der Waals surface area contributed by atoms with Gasteiger partial charge in [0.25, 0.3) is 0 Å². The first-order valence-corrected chi connectivity index (χ1v) is 5.77. The van der Waals surface area contributed by atoms with Gasteiger partial charge in [0.1, 0.15) is 5.69 Å². The van der Waals surface area contributed by atoms with Gasteiger partial charge < -0.3 is 5.32 Å². The molecule has 1 fully saturated rings. The van der Waals surface area contributed by atoms with Crippen LogP contribution in [0.4, 0.5) is 27.6 Å². The third-order valence-electron chi connectivity index (χ3n) is 3.29. The Kier molecular flexibility index (Phi) is 3.73. The van der Waals surface area contributed by atoms with Crippen LogP contribution in [0.15, 0.2) is 0 Å². The molecule has 0 saturated heterocycles. The fraction of sp³-hybridized carbons (Fsp3) is 0.500. The van der Waals surface area contributed by atoms with E-state index < -0.39 is 34.8 Å². The largest absolute Gasteiger partial charge is 0.380 e. The zero-order valence-electron chi connectivity index (χ0n) is 9.50. The summed E-state index contributed by atoms with van der Waals surface area (Å²) in [5, 5.41) is 2.29. The molecule has 0 atom stereocenters. The number of hydrogen-bond acceptors (Lipinski definition) is 1. The Labute approximate surface area is 101 Å². The number of anilines is 1. The van der Waals surface area contributed by atoms with Gasteiger partial charge in [-0.15, -0.1) is 0 Å². The third-order valence-corrected chi connectivity index (χ3v) is 3.29. The summed E-state index contributed by atoms with van der Waals surface area (Å²) in [5.41, 5.74) is -0.939. The normalized spacial score (nSPS) is 15.6. The standard InChI is InChI=1S/C12H12F5N/c13-7-8(14)10(16)12(11(17)9(7)15)18-5-4-6-2-1-3-6/h6,18H,1-5H2. The number of halogens is 5. The van der Waals surface area contributed by atoms with Gasteiger partial charge in [0.05, 0.1) is 0 Å². The molecule has 0 bridgehead atoms. The zero-order chi connectivity index (χ0) is 13.3. The molecule has 18 heavy (non-hydrogen) atoms. The zero-order valence-corrected chi connectivity index (χ0v) is 9.50. The summed E-state index contributed by atoms with van der Waals surface area (Å²) in [6.45, 7) is 0.197. The number of hydrogen-bond donors (Lipinski definition) is 1. The van der Waals surface area contributed by atoms with Crippen molar-refractivity contribution in [2.24, 2.45) is 5.92 Å². The van der Waals surface area contributed by atoms with Crippen LogP contribution in [0.3, 0.4) is 0 Å². The predicted molar refractivity (Wildman–Crippen MR) is 56.7 cm³/mol. The monoisotopic (exact) mass is 265 g/mol. The van der Waals surface area contributed by atoms with E-state index in [-0.39, 0.29) is 6.54 Å². The van der Waals surface area contributed by atoms with E-state index >= 15 is 0 Å². The summed E-state index contributed by atoms with van der Waals surface area (Å²) >= 11 is 0. The molecule has 0 radical (unpaired) electrons. The minimum absolute atomic E-state index is 0.197. The van der Waals surface area contributed by atoms with Crippen molar-refractivity contribution in [3.8, 4) is 0 Å². The van der Waals surface area contributed by atoms with Gasteiger partial charge in [-0.2, -0.15) is 0 Å². The maximum Gasteiger partial charge on any atom is 0.200 e. The second kappa shape index (κ2) is 5.12. The summed E-state index contributed by atoms with van der Waals surface area (Å²) in [7, 11) is 0. The smallest absolute Gasteiger partial charge is 0.200 e. The van der Waals surface area contributed by atoms with Gasteiger partial charge in [0, 0.05) is 6.54 Å². The average molecular weight is 265 g/mol. The lowest BCUT2D eigenvalue weighted by molar-refractivity contribution is 0.302. The van der Waals surface area contributed by atoms with Crippen molar-refractivity contribution in [2.75, 3.05) is 11.9 Å². The summed E-state index contributed by atoms with van der Waals surface area (Å²) in [6.07, 6.45) is 3.91. The maximum absolute atomic E-state index is 13.2. The third kappa shape index (κ3) is 2.28. The topological polar surface area (TPSA) is 12.0 Å². The molecule has 0 aromatic heterocycles. The van der Waals surface area contributed by atoms with E-state index in [1.165, 1.54) is 0 Å². The first kappa shape index (κ1) is 13.1. The van der Waals surface area contributed by atoms with Gasteiger partial charge >= 0.3 is 0 Å². The lowest BCUT2D eigenvalue weighted by Gasteiger charge is -2.25. The fourth-order valence-electron chi connectivity index (χ4n) is 1.94. The minimum Gasteiger partial charge on any atom is -0.380 e. The van der Waals surface area contributed by atoms with Crippen LogP contribution in [0.25, 0.3) is 0 Å². The summed E-state index contributed by atoms with van der Waals surface area (Å²) in [6, 6.07) is 0. The van der Waals surface area contributed by atoms with Crippen LogP contribution < -0.4 is 5.32 Å². The van der Waals surface area contributed by atoms with E-state index in [9.17, 15) is 22.0 Å². The maximum atomic E-state index is 13.2. The number of benzene rings is 1. The first-order chi connectivity index (χ1) is 8.52. The van der Waals surface area contributed by atoms with Crippen molar-refractivity contribution < 1.29 is 22.0 Å². The van der Waals surface area contributed by atoms with Crippen molar-refractivity contribution in [2.45, 2.75) is 25.7 Å². The molecule has 0 amide bonds. The van der Waals surface area contributed by atoms with E-state index in [1.807, 2.05) is 0 Å². The molecule has 1 saturated carbocycles. The molecule has 1 aliphatic rings. The van der Waals surface area contributed by atoms with Gasteiger partial charge in [-0.1, -0.05) is 19.3 Å². The van der Waals surface area contributed by atoms with E-state index in [2.05, 4.69) is 5.32 Å². The molecule has 1 aromatic carbocycles. The van der Waals surface area contributed by atoms with Gasteiger partial charge in [-0.25, -0.2) is 22.0 Å². The van der Waals surface area contributed by atoms with Crippen LogP contribution in [0, 0.1) is 35.0 Å². The lowest BCUT2D eigenvalue weighted by atomic mass is 9.83. The fourth-order valence-corrected chi connectivity index (χ4v) is 1.94. The predicted octanol–water partition coefficient (Wildman–Crippen LogP) is 3.98. The molecule has 2 rings (SSSR count). The van der Waals surface area contributed by atoms with Crippen LogP contribution in [0.1, 0.15) is 25.7 Å². The highest BCUT2D eigenvalue weighted by molar-refractivity contribution is 5.47. The first-order valence-electron chi connectivity index (χ1n) is 5.77. The average Bonchev–Trinajstić information content (AvgIpc) is 2.31. The van der Waals surface area contributed by atoms with E-state index in [1.54, 1.807) is 0 Å². The SMILES string of the molecule is Fc1c(F)c(F)c(NCCC2CCC2)c(F)c1F. The molecule has 1 aromatic rings. The molecule has 0 unspecified atom stereocenters. The molecule has 0 heterocycles. The second-order valence-electron chi connectivity index (χ2n) is 4.46. The molecule has 0 aliphatic heterocycles. The summed E-state index contributed by atoms with van der Waals surface area (Å²) in [4.78, 5) is 0. The van der Waals surface area contributed by atoms with Crippen LogP contribution in [-0.2, 0) is 0 Å². The van der Waals surface area contributed by atoms with Gasteiger partial charge in [-0.05, 0) is 12.3 Å². The highest BCUT2D eigenvalue weighted by atomic mass is 19.2. The Morgan fingerprint density at radius 1 is 0.833 bits per heavy atom. The molecule has 6 heteroatoms. The Hall–Kier alpha value is -1.33. The van der Waals surface area contributed by atoms with Gasteiger partial charge in [-0.3, -0.25) is 0 Å². The quantitative estimate of drug-likeness (QED) is 0.493. The molecule has 1 nitrogen and oxygen atoms in total. The highest BCUT2D eigenvalue weighted by Gasteiger charge is 2.25. The van der Waals surface area contributed by atoms with E-state index in [0.717, 1.165) is 19.3 Å². The minimum atomic E-state index is -2.13. The number of rotatable bonds is 4. The molecule has 1 N–H and O–H groups in total. The highest BCUT2D eigenvalue weighted by Crippen LogP contribution is 2.30. The van der Waals surface area contributed by atoms with Gasteiger partial charge in [0.2, 0.25) is 5.82 Å². The van der Waals surface area contributed by atoms with Crippen molar-refractivity contribution in [3.05, 3.63) is 29.1 Å². The Morgan fingerprint density at radius 3 is 1.78 bits per heavy atom. The Bertz CT molecular complexity index is 427. The Balaban J connectivity index is 2.11. The molecule has 1 aliphatic carbocycles. The van der Waals surface area contributed by atoms with Crippen LogP contribution in [0.5, 0.6) is 0 Å². The second-order valence-corrected chi connectivity index (χ2v) is 4.46. The number of nitrogens with one attached hydrogen (secondary N) is 1. The van der Waals surface area contributed by atoms with Gasteiger partial charge in [0.15, 0.2) is 23.3 Å². The summed E-state index contributed by atoms with van der Waals surface area (Å²) in [5.74, 6) is -9.09. The van der Waals surface area contributed by atoms with Crippen molar-refractivity contribution >= 4 is 5.69 Å². The van der Waals surface area contributed by atoms with E-state index in [0.29, 0.717) is 12.3 Å².